The highest BCUT2D eigenvalue weighted by atomic mass is 35.5. The van der Waals surface area contributed by atoms with Crippen LogP contribution in [0.3, 0.4) is 0 Å². The van der Waals surface area contributed by atoms with Gasteiger partial charge in [0, 0.05) is 18.7 Å². The minimum absolute atomic E-state index is 0.264. The van der Waals surface area contributed by atoms with E-state index in [-0.39, 0.29) is 6.10 Å². The molecule has 0 aliphatic heterocycles. The van der Waals surface area contributed by atoms with Crippen molar-refractivity contribution in [3.8, 4) is 11.4 Å². The quantitative estimate of drug-likeness (QED) is 0.628. The molecule has 0 bridgehead atoms. The third-order valence-electron chi connectivity index (χ3n) is 3.02. The molecule has 1 aromatic carbocycles. The van der Waals surface area contributed by atoms with Crippen LogP contribution in [0.15, 0.2) is 18.2 Å². The van der Waals surface area contributed by atoms with Crippen molar-refractivity contribution in [2.24, 2.45) is 0 Å². The van der Waals surface area contributed by atoms with E-state index in [0.717, 1.165) is 31.6 Å². The third kappa shape index (κ3) is 4.15. The SMILES string of the molecule is CC(C)OCCCCn1nnnc1-c1cccc(N)c1Cl. The van der Waals surface area contributed by atoms with Crippen LogP contribution in [0.2, 0.25) is 5.02 Å². The number of ether oxygens (including phenoxy) is 1. The topological polar surface area (TPSA) is 78.8 Å². The number of halogens is 1. The number of nitrogens with zero attached hydrogens (tertiary/aromatic N) is 4. The summed E-state index contributed by atoms with van der Waals surface area (Å²) in [5.74, 6) is 0.636. The van der Waals surface area contributed by atoms with Gasteiger partial charge in [0.25, 0.3) is 0 Å². The number of hydrogen-bond acceptors (Lipinski definition) is 5. The highest BCUT2D eigenvalue weighted by Gasteiger charge is 2.13. The summed E-state index contributed by atoms with van der Waals surface area (Å²) < 4.78 is 7.26. The molecule has 0 saturated heterocycles. The van der Waals surface area contributed by atoms with E-state index in [4.69, 9.17) is 22.1 Å². The molecule has 21 heavy (non-hydrogen) atoms. The first-order chi connectivity index (χ1) is 10.1. The van der Waals surface area contributed by atoms with Crippen molar-refractivity contribution in [2.75, 3.05) is 12.3 Å². The van der Waals surface area contributed by atoms with Crippen molar-refractivity contribution in [3.63, 3.8) is 0 Å². The van der Waals surface area contributed by atoms with Gasteiger partial charge in [-0.1, -0.05) is 17.7 Å². The number of aromatic nitrogens is 4. The highest BCUT2D eigenvalue weighted by Crippen LogP contribution is 2.30. The van der Waals surface area contributed by atoms with Crippen LogP contribution in [0, 0.1) is 0 Å². The van der Waals surface area contributed by atoms with Crippen LogP contribution in [0.25, 0.3) is 11.4 Å². The van der Waals surface area contributed by atoms with Gasteiger partial charge >= 0.3 is 0 Å². The number of nitrogens with two attached hydrogens (primary N) is 1. The molecule has 6 nitrogen and oxygen atoms in total. The molecular formula is C14H20ClN5O. The first kappa shape index (κ1) is 15.7. The van der Waals surface area contributed by atoms with Crippen molar-refractivity contribution in [3.05, 3.63) is 23.2 Å². The maximum Gasteiger partial charge on any atom is 0.183 e. The Morgan fingerprint density at radius 1 is 1.33 bits per heavy atom. The van der Waals surface area contributed by atoms with Crippen LogP contribution < -0.4 is 5.73 Å². The third-order valence-corrected chi connectivity index (χ3v) is 3.44. The van der Waals surface area contributed by atoms with Crippen LogP contribution in [0.5, 0.6) is 0 Å². The van der Waals surface area contributed by atoms with Crippen molar-refractivity contribution in [1.82, 2.24) is 20.2 Å². The van der Waals surface area contributed by atoms with E-state index in [1.165, 1.54) is 0 Å². The maximum atomic E-state index is 6.22. The number of rotatable bonds is 7. The summed E-state index contributed by atoms with van der Waals surface area (Å²) in [4.78, 5) is 0. The second-order valence-corrected chi connectivity index (χ2v) is 5.44. The lowest BCUT2D eigenvalue weighted by atomic mass is 10.2. The summed E-state index contributed by atoms with van der Waals surface area (Å²) in [5.41, 5.74) is 7.09. The summed E-state index contributed by atoms with van der Waals surface area (Å²) in [7, 11) is 0. The molecule has 2 aromatic rings. The second kappa shape index (κ2) is 7.38. The summed E-state index contributed by atoms with van der Waals surface area (Å²) in [6, 6.07) is 5.46. The molecule has 0 aliphatic carbocycles. The molecule has 0 radical (unpaired) electrons. The Hall–Kier alpha value is -1.66. The predicted molar refractivity (Wildman–Crippen MR) is 83.0 cm³/mol. The van der Waals surface area contributed by atoms with Crippen LogP contribution in [-0.4, -0.2) is 32.9 Å². The van der Waals surface area contributed by atoms with Gasteiger partial charge in [0.1, 0.15) is 0 Å². The largest absolute Gasteiger partial charge is 0.398 e. The van der Waals surface area contributed by atoms with Gasteiger partial charge in [-0.2, -0.15) is 0 Å². The maximum absolute atomic E-state index is 6.22. The number of unbranched alkanes of at least 4 members (excludes halogenated alkanes) is 1. The molecule has 0 amide bonds. The van der Waals surface area contributed by atoms with E-state index < -0.39 is 0 Å². The first-order valence-electron chi connectivity index (χ1n) is 7.01. The minimum atomic E-state index is 0.264. The first-order valence-corrected chi connectivity index (χ1v) is 7.39. The molecule has 0 atom stereocenters. The molecule has 0 spiro atoms. The zero-order valence-electron chi connectivity index (χ0n) is 12.3. The minimum Gasteiger partial charge on any atom is -0.398 e. The van der Waals surface area contributed by atoms with Crippen LogP contribution in [0.1, 0.15) is 26.7 Å². The Balaban J connectivity index is 2.00. The molecular weight excluding hydrogens is 290 g/mol. The second-order valence-electron chi connectivity index (χ2n) is 5.06. The van der Waals surface area contributed by atoms with Gasteiger partial charge < -0.3 is 10.5 Å². The molecule has 2 N–H and O–H groups in total. The molecule has 0 unspecified atom stereocenters. The van der Waals surface area contributed by atoms with Crippen molar-refractivity contribution in [2.45, 2.75) is 39.3 Å². The Morgan fingerprint density at radius 2 is 2.14 bits per heavy atom. The molecule has 1 heterocycles. The monoisotopic (exact) mass is 309 g/mol. The van der Waals surface area contributed by atoms with Gasteiger partial charge in [-0.3, -0.25) is 0 Å². The Kier molecular flexibility index (Phi) is 5.52. The molecule has 2 rings (SSSR count). The Labute approximate surface area is 129 Å². The average molecular weight is 310 g/mol. The molecule has 0 fully saturated rings. The Bertz CT molecular complexity index is 584. The smallest absolute Gasteiger partial charge is 0.183 e. The highest BCUT2D eigenvalue weighted by molar-refractivity contribution is 6.35. The van der Waals surface area contributed by atoms with E-state index in [0.29, 0.717) is 16.5 Å². The van der Waals surface area contributed by atoms with Crippen LogP contribution >= 0.6 is 11.6 Å². The van der Waals surface area contributed by atoms with Crippen molar-refractivity contribution in [1.29, 1.82) is 0 Å². The predicted octanol–water partition coefficient (Wildman–Crippen LogP) is 2.78. The van der Waals surface area contributed by atoms with Crippen LogP contribution in [-0.2, 0) is 11.3 Å². The number of benzene rings is 1. The lowest BCUT2D eigenvalue weighted by Crippen LogP contribution is -2.07. The van der Waals surface area contributed by atoms with E-state index >= 15 is 0 Å². The number of nitrogen functional groups attached to an aromatic ring is 1. The lowest BCUT2D eigenvalue weighted by Gasteiger charge is -2.09. The fourth-order valence-electron chi connectivity index (χ4n) is 1.95. The summed E-state index contributed by atoms with van der Waals surface area (Å²) >= 11 is 6.22. The zero-order valence-corrected chi connectivity index (χ0v) is 13.0. The zero-order chi connectivity index (χ0) is 15.2. The summed E-state index contributed by atoms with van der Waals surface area (Å²) in [6.45, 7) is 5.52. The molecule has 0 saturated carbocycles. The number of hydrogen-bond donors (Lipinski definition) is 1. The van der Waals surface area contributed by atoms with Gasteiger partial charge in [-0.05, 0) is 49.2 Å². The fourth-order valence-corrected chi connectivity index (χ4v) is 2.16. The molecule has 114 valence electrons. The molecule has 7 heteroatoms. The van der Waals surface area contributed by atoms with E-state index in [1.807, 2.05) is 26.0 Å². The van der Waals surface area contributed by atoms with E-state index in [9.17, 15) is 0 Å². The van der Waals surface area contributed by atoms with Gasteiger partial charge in [-0.15, -0.1) is 5.10 Å². The normalized spacial score (nSPS) is 11.2. The van der Waals surface area contributed by atoms with Gasteiger partial charge in [0.2, 0.25) is 0 Å². The lowest BCUT2D eigenvalue weighted by molar-refractivity contribution is 0.0753. The van der Waals surface area contributed by atoms with Gasteiger partial charge in [-0.25, -0.2) is 4.68 Å². The van der Waals surface area contributed by atoms with Crippen molar-refractivity contribution < 1.29 is 4.74 Å². The van der Waals surface area contributed by atoms with Crippen molar-refractivity contribution >= 4 is 17.3 Å². The Morgan fingerprint density at radius 3 is 2.90 bits per heavy atom. The summed E-state index contributed by atoms with van der Waals surface area (Å²) in [6.07, 6.45) is 2.16. The average Bonchev–Trinajstić information content (AvgIpc) is 2.89. The van der Waals surface area contributed by atoms with Crippen LogP contribution in [0.4, 0.5) is 5.69 Å². The number of aryl methyl sites for hydroxylation is 1. The standard InChI is InChI=1S/C14H20ClN5O/c1-10(2)21-9-4-3-8-20-14(17-18-19-20)11-6-5-7-12(16)13(11)15/h5-7,10H,3-4,8-9,16H2,1-2H3. The summed E-state index contributed by atoms with van der Waals surface area (Å²) in [5, 5.41) is 12.3. The number of anilines is 1. The van der Waals surface area contributed by atoms with E-state index in [1.54, 1.807) is 10.7 Å². The van der Waals surface area contributed by atoms with E-state index in [2.05, 4.69) is 15.5 Å². The number of tetrazole rings is 1. The van der Waals surface area contributed by atoms with Gasteiger partial charge in [0.05, 0.1) is 16.8 Å². The molecule has 1 aromatic heterocycles. The van der Waals surface area contributed by atoms with Gasteiger partial charge in [0.15, 0.2) is 5.82 Å². The fraction of sp³-hybridized carbons (Fsp3) is 0.500. The molecule has 0 aliphatic rings.